The van der Waals surface area contributed by atoms with Crippen LogP contribution < -0.4 is 15.8 Å². The average Bonchev–Trinajstić information content (AvgIpc) is 3.25. The van der Waals surface area contributed by atoms with Gasteiger partial charge in [0.15, 0.2) is 5.65 Å². The van der Waals surface area contributed by atoms with E-state index in [1.54, 1.807) is 17.2 Å². The summed E-state index contributed by atoms with van der Waals surface area (Å²) in [4.78, 5) is 31.1. The van der Waals surface area contributed by atoms with Gasteiger partial charge < -0.3 is 10.2 Å². The molecule has 31 heavy (non-hydrogen) atoms. The molecule has 0 amide bonds. The zero-order valence-corrected chi connectivity index (χ0v) is 17.3. The maximum absolute atomic E-state index is 12.6. The van der Waals surface area contributed by atoms with Crippen molar-refractivity contribution in [3.8, 4) is 5.69 Å². The Bertz CT molecular complexity index is 1240. The van der Waals surface area contributed by atoms with Crippen LogP contribution in [0.3, 0.4) is 0 Å². The van der Waals surface area contributed by atoms with E-state index < -0.39 is 0 Å². The van der Waals surface area contributed by atoms with E-state index in [1.165, 1.54) is 0 Å². The van der Waals surface area contributed by atoms with Crippen LogP contribution in [-0.4, -0.2) is 48.8 Å². The highest BCUT2D eigenvalue weighted by Crippen LogP contribution is 2.21. The van der Waals surface area contributed by atoms with E-state index in [2.05, 4.69) is 48.2 Å². The molecular formula is C22H24N8O. The smallest absolute Gasteiger partial charge is 0.263 e. The molecule has 1 fully saturated rings. The lowest BCUT2D eigenvalue weighted by atomic mass is 10.1. The van der Waals surface area contributed by atoms with Gasteiger partial charge in [0.25, 0.3) is 5.56 Å². The molecule has 0 saturated carbocycles. The largest absolute Gasteiger partial charge is 0.356 e. The fourth-order valence-electron chi connectivity index (χ4n) is 3.94. The molecule has 2 N–H and O–H groups in total. The van der Waals surface area contributed by atoms with Crippen LogP contribution in [0.25, 0.3) is 16.7 Å². The molecular weight excluding hydrogens is 392 g/mol. The van der Waals surface area contributed by atoms with Crippen LogP contribution in [0.5, 0.6) is 0 Å². The molecule has 0 unspecified atom stereocenters. The Balaban J connectivity index is 1.33. The van der Waals surface area contributed by atoms with Gasteiger partial charge in [0.2, 0.25) is 5.95 Å². The number of hydrogen-bond donors (Lipinski definition) is 2. The molecule has 3 aromatic heterocycles. The Labute approximate surface area is 179 Å². The summed E-state index contributed by atoms with van der Waals surface area (Å²) in [6.07, 6.45) is 5.94. The predicted molar refractivity (Wildman–Crippen MR) is 120 cm³/mol. The first-order valence-corrected chi connectivity index (χ1v) is 10.6. The van der Waals surface area contributed by atoms with Gasteiger partial charge in [-0.1, -0.05) is 25.1 Å². The van der Waals surface area contributed by atoms with Crippen LogP contribution in [0.1, 0.15) is 25.5 Å². The van der Waals surface area contributed by atoms with E-state index in [4.69, 9.17) is 0 Å². The van der Waals surface area contributed by atoms with E-state index in [0.717, 1.165) is 49.6 Å². The molecule has 9 nitrogen and oxygen atoms in total. The van der Waals surface area contributed by atoms with Crippen molar-refractivity contribution in [2.75, 3.05) is 23.3 Å². The first-order valence-electron chi connectivity index (χ1n) is 10.6. The first-order chi connectivity index (χ1) is 15.2. The van der Waals surface area contributed by atoms with Crippen LogP contribution in [0.2, 0.25) is 0 Å². The van der Waals surface area contributed by atoms with Crippen LogP contribution in [0, 0.1) is 0 Å². The lowest BCUT2D eigenvalue weighted by Crippen LogP contribution is -2.40. The summed E-state index contributed by atoms with van der Waals surface area (Å²) in [6, 6.07) is 12.0. The van der Waals surface area contributed by atoms with Crippen molar-refractivity contribution in [1.82, 2.24) is 29.7 Å². The monoisotopic (exact) mass is 416 g/mol. The molecule has 1 aliphatic rings. The quantitative estimate of drug-likeness (QED) is 0.515. The third-order valence-electron chi connectivity index (χ3n) is 5.67. The van der Waals surface area contributed by atoms with Gasteiger partial charge in [0.1, 0.15) is 17.5 Å². The van der Waals surface area contributed by atoms with Gasteiger partial charge in [0, 0.05) is 30.9 Å². The van der Waals surface area contributed by atoms with Crippen LogP contribution in [0.15, 0.2) is 53.7 Å². The number of aromatic nitrogens is 6. The van der Waals surface area contributed by atoms with Gasteiger partial charge >= 0.3 is 0 Å². The summed E-state index contributed by atoms with van der Waals surface area (Å²) in [5.41, 5.74) is 2.27. The molecule has 4 aromatic rings. The number of H-pyrrole nitrogens is 1. The maximum Gasteiger partial charge on any atom is 0.263 e. The van der Waals surface area contributed by atoms with Crippen LogP contribution in [-0.2, 0) is 6.42 Å². The number of benzene rings is 1. The van der Waals surface area contributed by atoms with Crippen LogP contribution in [0.4, 0.5) is 11.8 Å². The predicted octanol–water partition coefficient (Wildman–Crippen LogP) is 2.54. The minimum atomic E-state index is -0.194. The Morgan fingerprint density at radius 3 is 2.74 bits per heavy atom. The number of nitrogens with zero attached hydrogens (tertiary/aromatic N) is 6. The molecule has 1 saturated heterocycles. The second kappa shape index (κ2) is 8.17. The number of para-hydroxylation sites is 1. The lowest BCUT2D eigenvalue weighted by Gasteiger charge is -2.33. The highest BCUT2D eigenvalue weighted by Gasteiger charge is 2.21. The number of anilines is 2. The van der Waals surface area contributed by atoms with Crippen molar-refractivity contribution in [1.29, 1.82) is 0 Å². The molecule has 0 radical (unpaired) electrons. The molecule has 0 bridgehead atoms. The van der Waals surface area contributed by atoms with E-state index in [-0.39, 0.29) is 11.6 Å². The van der Waals surface area contributed by atoms with E-state index >= 15 is 0 Å². The van der Waals surface area contributed by atoms with Gasteiger partial charge in [0.05, 0.1) is 11.9 Å². The minimum Gasteiger partial charge on any atom is -0.356 e. The normalized spacial score (nSPS) is 14.8. The molecule has 0 aliphatic carbocycles. The third kappa shape index (κ3) is 3.86. The van der Waals surface area contributed by atoms with E-state index in [1.807, 2.05) is 30.3 Å². The first kappa shape index (κ1) is 19.2. The molecule has 158 valence electrons. The lowest BCUT2D eigenvalue weighted by molar-refractivity contribution is 0.520. The molecule has 1 aromatic carbocycles. The van der Waals surface area contributed by atoms with Gasteiger partial charge in [-0.05, 0) is 31.4 Å². The highest BCUT2D eigenvalue weighted by atomic mass is 16.1. The zero-order chi connectivity index (χ0) is 21.2. The van der Waals surface area contributed by atoms with Crippen molar-refractivity contribution >= 4 is 22.8 Å². The summed E-state index contributed by atoms with van der Waals surface area (Å²) in [5.74, 6) is 1.45. The Hall–Kier alpha value is -3.75. The summed E-state index contributed by atoms with van der Waals surface area (Å²) >= 11 is 0. The number of nitrogens with one attached hydrogen (secondary N) is 2. The second-order valence-corrected chi connectivity index (χ2v) is 7.67. The molecule has 1 aliphatic heterocycles. The fourth-order valence-corrected chi connectivity index (χ4v) is 3.94. The Kier molecular flexibility index (Phi) is 5.07. The molecule has 9 heteroatoms. The van der Waals surface area contributed by atoms with Gasteiger partial charge in [-0.25, -0.2) is 14.6 Å². The summed E-state index contributed by atoms with van der Waals surface area (Å²) in [5, 5.41) is 8.24. The summed E-state index contributed by atoms with van der Waals surface area (Å²) in [7, 11) is 0. The zero-order valence-electron chi connectivity index (χ0n) is 17.3. The van der Waals surface area contributed by atoms with Crippen molar-refractivity contribution < 1.29 is 0 Å². The van der Waals surface area contributed by atoms with Crippen molar-refractivity contribution in [2.45, 2.75) is 32.2 Å². The van der Waals surface area contributed by atoms with Crippen molar-refractivity contribution in [3.05, 3.63) is 65.0 Å². The standard InChI is InChI=1S/C22H24N8O/c1-2-15-12-19(24-14-23-15)29-10-8-16(9-11-29)26-22-27-20-18(21(31)28-22)13-25-30(20)17-6-4-3-5-7-17/h3-7,12-14,16H,2,8-11H2,1H3,(H2,26,27,28,31). The number of fused-ring (bicyclic) bond motifs is 1. The number of rotatable bonds is 5. The minimum absolute atomic E-state index is 0.194. The van der Waals surface area contributed by atoms with Crippen molar-refractivity contribution in [2.24, 2.45) is 0 Å². The molecule has 4 heterocycles. The average molecular weight is 416 g/mol. The van der Waals surface area contributed by atoms with E-state index in [9.17, 15) is 4.79 Å². The number of aromatic amines is 1. The Morgan fingerprint density at radius 2 is 1.97 bits per heavy atom. The third-order valence-corrected chi connectivity index (χ3v) is 5.67. The van der Waals surface area contributed by atoms with Gasteiger partial charge in [-0.15, -0.1) is 0 Å². The number of hydrogen-bond acceptors (Lipinski definition) is 7. The SMILES string of the molecule is CCc1cc(N2CCC(Nc3nc4c(cnn4-c4ccccc4)c(=O)[nH]3)CC2)ncn1. The maximum atomic E-state index is 12.6. The summed E-state index contributed by atoms with van der Waals surface area (Å²) in [6.45, 7) is 3.86. The summed E-state index contributed by atoms with van der Waals surface area (Å²) < 4.78 is 1.69. The van der Waals surface area contributed by atoms with Gasteiger partial charge in [-0.2, -0.15) is 10.1 Å². The molecule has 0 atom stereocenters. The highest BCUT2D eigenvalue weighted by molar-refractivity contribution is 5.76. The second-order valence-electron chi connectivity index (χ2n) is 7.67. The van der Waals surface area contributed by atoms with E-state index in [0.29, 0.717) is 17.0 Å². The molecule has 5 rings (SSSR count). The topological polar surface area (TPSA) is 105 Å². The van der Waals surface area contributed by atoms with Crippen molar-refractivity contribution in [3.63, 3.8) is 0 Å². The van der Waals surface area contributed by atoms with Gasteiger partial charge in [-0.3, -0.25) is 9.78 Å². The number of piperidine rings is 1. The fraction of sp³-hybridized carbons (Fsp3) is 0.318. The number of aryl methyl sites for hydroxylation is 1. The molecule has 0 spiro atoms. The Morgan fingerprint density at radius 1 is 1.16 bits per heavy atom. The van der Waals surface area contributed by atoms with Crippen LogP contribution >= 0.6 is 0 Å².